The first kappa shape index (κ1) is 17.6. The van der Waals surface area contributed by atoms with Crippen LogP contribution in [0.5, 0.6) is 0 Å². The van der Waals surface area contributed by atoms with E-state index < -0.39 is 0 Å². The van der Waals surface area contributed by atoms with Gasteiger partial charge in [-0.15, -0.1) is 10.2 Å². The molecule has 0 spiro atoms. The average molecular weight is 379 g/mol. The molecule has 0 saturated carbocycles. The van der Waals surface area contributed by atoms with Crippen molar-refractivity contribution in [1.82, 2.24) is 24.5 Å². The molecular formula is C20H21N5OS. The summed E-state index contributed by atoms with van der Waals surface area (Å²) < 4.78 is 3.91. The topological polar surface area (TPSA) is 64.2 Å². The molecule has 0 aliphatic carbocycles. The van der Waals surface area contributed by atoms with Gasteiger partial charge in [0, 0.05) is 17.9 Å². The number of fused-ring (bicyclic) bond motifs is 2. The zero-order valence-corrected chi connectivity index (χ0v) is 15.9. The Morgan fingerprint density at radius 2 is 1.96 bits per heavy atom. The smallest absolute Gasteiger partial charge is 0.240 e. The van der Waals surface area contributed by atoms with E-state index in [1.54, 1.807) is 11.8 Å². The first-order chi connectivity index (χ1) is 13.3. The molecule has 1 amide bonds. The number of aromatic nitrogens is 4. The molecule has 0 saturated heterocycles. The van der Waals surface area contributed by atoms with Crippen molar-refractivity contribution >= 4 is 34.2 Å². The third-order valence-corrected chi connectivity index (χ3v) is 5.24. The number of benzene rings is 1. The van der Waals surface area contributed by atoms with E-state index >= 15 is 0 Å². The summed E-state index contributed by atoms with van der Waals surface area (Å²) in [6.07, 6.45) is 6.75. The second-order valence-electron chi connectivity index (χ2n) is 6.39. The fourth-order valence-electron chi connectivity index (χ4n) is 3.27. The van der Waals surface area contributed by atoms with E-state index in [9.17, 15) is 4.79 Å². The lowest BCUT2D eigenvalue weighted by atomic mass is 10.2. The molecule has 3 heterocycles. The standard InChI is InChI=1S/C20H21N5OS/c1-27-13-10-16(20-23-22-18-8-4-5-11-25(18)20)21-19(26)14-24-12-9-15-6-2-3-7-17(15)24/h2-9,11-12,16H,10,13-14H2,1H3,(H,21,26)/t16-/m0/s1. The van der Waals surface area contributed by atoms with Gasteiger partial charge >= 0.3 is 0 Å². The Labute approximate surface area is 161 Å². The lowest BCUT2D eigenvalue weighted by Gasteiger charge is -2.17. The van der Waals surface area contributed by atoms with Crippen molar-refractivity contribution in [3.63, 3.8) is 0 Å². The van der Waals surface area contributed by atoms with Crippen LogP contribution in [0.1, 0.15) is 18.3 Å². The molecule has 0 radical (unpaired) electrons. The minimum absolute atomic E-state index is 0.0323. The van der Waals surface area contributed by atoms with E-state index in [4.69, 9.17) is 0 Å². The zero-order valence-electron chi connectivity index (χ0n) is 15.1. The van der Waals surface area contributed by atoms with E-state index in [0.29, 0.717) is 0 Å². The van der Waals surface area contributed by atoms with E-state index in [2.05, 4.69) is 21.8 Å². The van der Waals surface area contributed by atoms with Crippen LogP contribution in [0.4, 0.5) is 0 Å². The molecule has 7 heteroatoms. The van der Waals surface area contributed by atoms with Crippen LogP contribution < -0.4 is 5.32 Å². The van der Waals surface area contributed by atoms with Crippen LogP contribution in [0.2, 0.25) is 0 Å². The van der Waals surface area contributed by atoms with Crippen molar-refractivity contribution in [2.45, 2.75) is 19.0 Å². The molecule has 6 nitrogen and oxygen atoms in total. The molecule has 0 fully saturated rings. The number of carbonyl (C=O) groups is 1. The largest absolute Gasteiger partial charge is 0.344 e. The number of amides is 1. The van der Waals surface area contributed by atoms with Gasteiger partial charge in [-0.05, 0) is 48.1 Å². The van der Waals surface area contributed by atoms with Gasteiger partial charge in [0.2, 0.25) is 5.91 Å². The summed E-state index contributed by atoms with van der Waals surface area (Å²) in [4.78, 5) is 12.8. The van der Waals surface area contributed by atoms with Crippen LogP contribution in [0.25, 0.3) is 16.6 Å². The van der Waals surface area contributed by atoms with Gasteiger partial charge in [-0.25, -0.2) is 0 Å². The van der Waals surface area contributed by atoms with Crippen LogP contribution >= 0.6 is 11.8 Å². The number of carbonyl (C=O) groups excluding carboxylic acids is 1. The first-order valence-electron chi connectivity index (χ1n) is 8.88. The van der Waals surface area contributed by atoms with E-state index in [0.717, 1.165) is 34.5 Å². The quantitative estimate of drug-likeness (QED) is 0.535. The Balaban J connectivity index is 1.55. The van der Waals surface area contributed by atoms with Gasteiger partial charge in [-0.3, -0.25) is 9.20 Å². The zero-order chi connectivity index (χ0) is 18.6. The molecular weight excluding hydrogens is 358 g/mol. The maximum atomic E-state index is 12.8. The highest BCUT2D eigenvalue weighted by atomic mass is 32.2. The molecule has 27 heavy (non-hydrogen) atoms. The number of thioether (sulfide) groups is 1. The summed E-state index contributed by atoms with van der Waals surface area (Å²) in [6, 6.07) is 15.7. The number of nitrogens with one attached hydrogen (secondary N) is 1. The summed E-state index contributed by atoms with van der Waals surface area (Å²) in [6.45, 7) is 0.278. The highest BCUT2D eigenvalue weighted by Gasteiger charge is 2.20. The second-order valence-corrected chi connectivity index (χ2v) is 7.38. The Morgan fingerprint density at radius 3 is 2.85 bits per heavy atom. The van der Waals surface area contributed by atoms with Gasteiger partial charge in [0.1, 0.15) is 6.54 Å². The minimum atomic E-state index is -0.177. The molecule has 4 rings (SSSR count). The van der Waals surface area contributed by atoms with Gasteiger partial charge in [-0.2, -0.15) is 11.8 Å². The molecule has 4 aromatic rings. The van der Waals surface area contributed by atoms with E-state index in [1.165, 1.54) is 0 Å². The van der Waals surface area contributed by atoms with Crippen LogP contribution in [0, 0.1) is 0 Å². The van der Waals surface area contributed by atoms with Crippen molar-refractivity contribution in [2.75, 3.05) is 12.0 Å². The number of pyridine rings is 1. The van der Waals surface area contributed by atoms with Crippen molar-refractivity contribution in [2.24, 2.45) is 0 Å². The molecule has 1 N–H and O–H groups in total. The van der Waals surface area contributed by atoms with Gasteiger partial charge in [0.05, 0.1) is 6.04 Å². The summed E-state index contributed by atoms with van der Waals surface area (Å²) in [5.41, 5.74) is 1.84. The summed E-state index contributed by atoms with van der Waals surface area (Å²) in [7, 11) is 0. The number of hydrogen-bond acceptors (Lipinski definition) is 4. The molecule has 0 unspecified atom stereocenters. The van der Waals surface area contributed by atoms with Gasteiger partial charge in [0.15, 0.2) is 11.5 Å². The second kappa shape index (κ2) is 7.84. The molecule has 3 aromatic heterocycles. The van der Waals surface area contributed by atoms with Gasteiger partial charge < -0.3 is 9.88 Å². The Hall–Kier alpha value is -2.80. The van der Waals surface area contributed by atoms with E-state index in [1.807, 2.05) is 69.9 Å². The van der Waals surface area contributed by atoms with Gasteiger partial charge in [0.25, 0.3) is 0 Å². The first-order valence-corrected chi connectivity index (χ1v) is 10.3. The monoisotopic (exact) mass is 379 g/mol. The Morgan fingerprint density at radius 1 is 1.11 bits per heavy atom. The van der Waals surface area contributed by atoms with Crippen molar-refractivity contribution < 1.29 is 4.79 Å². The highest BCUT2D eigenvalue weighted by molar-refractivity contribution is 7.98. The third-order valence-electron chi connectivity index (χ3n) is 4.59. The normalized spacial score (nSPS) is 12.5. The third kappa shape index (κ3) is 3.68. The number of nitrogens with zero attached hydrogens (tertiary/aromatic N) is 4. The molecule has 0 bridgehead atoms. The summed E-state index contributed by atoms with van der Waals surface area (Å²) >= 11 is 1.75. The minimum Gasteiger partial charge on any atom is -0.344 e. The van der Waals surface area contributed by atoms with E-state index in [-0.39, 0.29) is 18.5 Å². The highest BCUT2D eigenvalue weighted by Crippen LogP contribution is 2.19. The predicted molar refractivity (Wildman–Crippen MR) is 109 cm³/mol. The van der Waals surface area contributed by atoms with Crippen LogP contribution in [-0.4, -0.2) is 37.1 Å². The van der Waals surface area contributed by atoms with Crippen molar-refractivity contribution in [3.8, 4) is 0 Å². The molecule has 138 valence electrons. The predicted octanol–water partition coefficient (Wildman–Crippen LogP) is 3.29. The summed E-state index contributed by atoms with van der Waals surface area (Å²) in [5, 5.41) is 12.8. The Bertz CT molecular complexity index is 1070. The van der Waals surface area contributed by atoms with Gasteiger partial charge in [-0.1, -0.05) is 24.3 Å². The fourth-order valence-corrected chi connectivity index (χ4v) is 3.74. The lowest BCUT2D eigenvalue weighted by molar-refractivity contribution is -0.122. The molecule has 0 aliphatic heterocycles. The molecule has 0 aliphatic rings. The number of hydrogen-bond donors (Lipinski definition) is 1. The lowest BCUT2D eigenvalue weighted by Crippen LogP contribution is -2.33. The number of rotatable bonds is 7. The maximum absolute atomic E-state index is 12.8. The Kier molecular flexibility index (Phi) is 5.11. The molecule has 1 atom stereocenters. The van der Waals surface area contributed by atoms with Crippen LogP contribution in [0.3, 0.4) is 0 Å². The van der Waals surface area contributed by atoms with Crippen LogP contribution in [-0.2, 0) is 11.3 Å². The van der Waals surface area contributed by atoms with Crippen molar-refractivity contribution in [3.05, 3.63) is 66.7 Å². The molecule has 1 aromatic carbocycles. The maximum Gasteiger partial charge on any atom is 0.240 e. The van der Waals surface area contributed by atoms with Crippen molar-refractivity contribution in [1.29, 1.82) is 0 Å². The summed E-state index contributed by atoms with van der Waals surface area (Å²) in [5.74, 6) is 1.67. The fraction of sp³-hybridized carbons (Fsp3) is 0.250. The van der Waals surface area contributed by atoms with Crippen LogP contribution in [0.15, 0.2) is 60.9 Å². The number of para-hydroxylation sites is 1. The SMILES string of the molecule is CSCC[C@H](NC(=O)Cn1ccc2ccccc21)c1nnc2ccccn12. The average Bonchev–Trinajstić information content (AvgIpc) is 3.30.